The van der Waals surface area contributed by atoms with Gasteiger partial charge in [-0.3, -0.25) is 0 Å². The van der Waals surface area contributed by atoms with E-state index >= 15 is 0 Å². The zero-order valence-electron chi connectivity index (χ0n) is 13.1. The van der Waals surface area contributed by atoms with Gasteiger partial charge in [0.1, 0.15) is 0 Å². The van der Waals surface area contributed by atoms with Gasteiger partial charge in [0.2, 0.25) is 0 Å². The minimum Gasteiger partial charge on any atom is -0.399 e. The third-order valence-electron chi connectivity index (χ3n) is 2.65. The quantitative estimate of drug-likeness (QED) is 0.556. The molecule has 0 fully saturated rings. The number of benzene rings is 1. The van der Waals surface area contributed by atoms with Crippen LogP contribution in [0, 0.1) is 5.41 Å². The molecule has 1 heteroatoms. The van der Waals surface area contributed by atoms with Crippen LogP contribution in [0.1, 0.15) is 53.5 Å². The second-order valence-electron chi connectivity index (χ2n) is 4.39. The van der Waals surface area contributed by atoms with Crippen LogP contribution in [0.5, 0.6) is 0 Å². The lowest BCUT2D eigenvalue weighted by atomic mass is 9.86. The summed E-state index contributed by atoms with van der Waals surface area (Å²) in [5.74, 6) is 0. The fraction of sp³-hybridized carbons (Fsp3) is 0.529. The van der Waals surface area contributed by atoms with Crippen LogP contribution < -0.4 is 5.73 Å². The van der Waals surface area contributed by atoms with E-state index in [9.17, 15) is 0 Å². The van der Waals surface area contributed by atoms with Crippen LogP contribution in [0.2, 0.25) is 0 Å². The summed E-state index contributed by atoms with van der Waals surface area (Å²) in [5, 5.41) is 0. The number of anilines is 1. The average molecular weight is 249 g/mol. The van der Waals surface area contributed by atoms with Crippen molar-refractivity contribution in [3.05, 3.63) is 42.5 Å². The van der Waals surface area contributed by atoms with E-state index in [1.165, 1.54) is 5.56 Å². The molecule has 1 aromatic rings. The van der Waals surface area contributed by atoms with E-state index in [-0.39, 0.29) is 5.41 Å². The largest absolute Gasteiger partial charge is 0.399 e. The molecule has 0 bridgehead atoms. The number of nitrogen functional groups attached to an aromatic ring is 1. The molecular formula is C17H31N. The molecule has 0 saturated carbocycles. The lowest BCUT2D eigenvalue weighted by Crippen LogP contribution is -2.08. The van der Waals surface area contributed by atoms with E-state index in [2.05, 4.69) is 26.5 Å². The summed E-state index contributed by atoms with van der Waals surface area (Å²) in [6, 6.07) is 8.05. The van der Waals surface area contributed by atoms with Crippen molar-refractivity contribution in [2.45, 2.75) is 54.4 Å². The summed E-state index contributed by atoms with van der Waals surface area (Å²) in [6.45, 7) is 16.2. The Morgan fingerprint density at radius 1 is 1.11 bits per heavy atom. The molecule has 0 aromatic heterocycles. The summed E-state index contributed by atoms with van der Waals surface area (Å²) < 4.78 is 0. The fourth-order valence-corrected chi connectivity index (χ4v) is 1.32. The first-order chi connectivity index (χ1) is 8.55. The lowest BCUT2D eigenvalue weighted by Gasteiger charge is -2.19. The highest BCUT2D eigenvalue weighted by Crippen LogP contribution is 2.25. The van der Waals surface area contributed by atoms with Gasteiger partial charge in [-0.2, -0.15) is 0 Å². The monoisotopic (exact) mass is 249 g/mol. The van der Waals surface area contributed by atoms with Crippen LogP contribution in [0.15, 0.2) is 36.9 Å². The molecule has 18 heavy (non-hydrogen) atoms. The summed E-state index contributed by atoms with van der Waals surface area (Å²) in [5.41, 5.74) is 8.20. The van der Waals surface area contributed by atoms with Gasteiger partial charge in [-0.25, -0.2) is 0 Å². The topological polar surface area (TPSA) is 26.0 Å². The third-order valence-corrected chi connectivity index (χ3v) is 2.65. The number of hydrogen-bond acceptors (Lipinski definition) is 1. The van der Waals surface area contributed by atoms with Crippen molar-refractivity contribution in [2.75, 3.05) is 5.73 Å². The van der Waals surface area contributed by atoms with Gasteiger partial charge in [0.25, 0.3) is 0 Å². The first-order valence-electron chi connectivity index (χ1n) is 7.02. The molecule has 0 atom stereocenters. The highest BCUT2D eigenvalue weighted by atomic mass is 14.6. The normalized spacial score (nSPS) is 9.44. The summed E-state index contributed by atoms with van der Waals surface area (Å²) >= 11 is 0. The van der Waals surface area contributed by atoms with Crippen molar-refractivity contribution in [3.8, 4) is 0 Å². The predicted octanol–water partition coefficient (Wildman–Crippen LogP) is 5.47. The number of rotatable bonds is 4. The van der Waals surface area contributed by atoms with Crippen molar-refractivity contribution in [2.24, 2.45) is 5.41 Å². The Kier molecular flexibility index (Phi) is 11.6. The molecule has 0 amide bonds. The fourth-order valence-electron chi connectivity index (χ4n) is 1.32. The Bertz CT molecular complexity index is 313. The Morgan fingerprint density at radius 3 is 2.06 bits per heavy atom. The van der Waals surface area contributed by atoms with Crippen molar-refractivity contribution in [3.63, 3.8) is 0 Å². The smallest absolute Gasteiger partial charge is 0.0346 e. The second-order valence-corrected chi connectivity index (χ2v) is 4.39. The molecule has 0 saturated heterocycles. The van der Waals surface area contributed by atoms with Gasteiger partial charge in [-0.15, -0.1) is 6.58 Å². The minimum absolute atomic E-state index is 0.197. The summed E-state index contributed by atoms with van der Waals surface area (Å²) in [6.07, 6.45) is 4.11. The first-order valence-corrected chi connectivity index (χ1v) is 7.02. The van der Waals surface area contributed by atoms with Crippen LogP contribution in [-0.4, -0.2) is 0 Å². The van der Waals surface area contributed by atoms with Crippen LogP contribution in [0.25, 0.3) is 0 Å². The molecule has 0 unspecified atom stereocenters. The second kappa shape index (κ2) is 10.9. The molecule has 1 aromatic carbocycles. The van der Waals surface area contributed by atoms with Gasteiger partial charge >= 0.3 is 0 Å². The first kappa shape index (κ1) is 19.1. The molecular weight excluding hydrogens is 218 g/mol. The van der Waals surface area contributed by atoms with E-state index in [4.69, 9.17) is 5.73 Å². The molecule has 0 aliphatic carbocycles. The van der Waals surface area contributed by atoms with Crippen LogP contribution >= 0.6 is 0 Å². The van der Waals surface area contributed by atoms with Gasteiger partial charge in [-0.1, -0.05) is 65.8 Å². The van der Waals surface area contributed by atoms with E-state index in [0.717, 1.165) is 18.5 Å². The molecule has 2 N–H and O–H groups in total. The van der Waals surface area contributed by atoms with E-state index in [0.29, 0.717) is 0 Å². The van der Waals surface area contributed by atoms with Gasteiger partial charge in [-0.05, 0) is 29.9 Å². The maximum atomic E-state index is 5.87. The molecule has 104 valence electrons. The Hall–Kier alpha value is -1.24. The highest BCUT2D eigenvalue weighted by Gasteiger charge is 2.12. The zero-order valence-corrected chi connectivity index (χ0v) is 13.1. The van der Waals surface area contributed by atoms with Crippen molar-refractivity contribution >= 4 is 5.69 Å². The summed E-state index contributed by atoms with van der Waals surface area (Å²) in [4.78, 5) is 0. The number of allylic oxidation sites excluding steroid dienone is 1. The number of aryl methyl sites for hydroxylation is 1. The van der Waals surface area contributed by atoms with Crippen molar-refractivity contribution in [1.29, 1.82) is 0 Å². The lowest BCUT2D eigenvalue weighted by molar-refractivity contribution is 0.439. The van der Waals surface area contributed by atoms with Gasteiger partial charge in [0.15, 0.2) is 0 Å². The standard InChI is InChI=1S/C13H19N.2C2H6/c1-4-13(2,3)10-9-11-7-5-6-8-12(11)14;2*1-2/h4-8H,1,9-10,14H2,2-3H3;2*1-2H3. The maximum absolute atomic E-state index is 5.87. The minimum atomic E-state index is 0.197. The van der Waals surface area contributed by atoms with Gasteiger partial charge in [0.05, 0.1) is 0 Å². The van der Waals surface area contributed by atoms with E-state index in [1.807, 2.05) is 52.0 Å². The zero-order chi connectivity index (χ0) is 14.6. The highest BCUT2D eigenvalue weighted by molar-refractivity contribution is 5.46. The molecule has 0 radical (unpaired) electrons. The van der Waals surface area contributed by atoms with Crippen LogP contribution in [0.3, 0.4) is 0 Å². The van der Waals surface area contributed by atoms with Gasteiger partial charge < -0.3 is 5.73 Å². The maximum Gasteiger partial charge on any atom is 0.0346 e. The Morgan fingerprint density at radius 2 is 1.61 bits per heavy atom. The SMILES string of the molecule is C=CC(C)(C)CCc1ccccc1N.CC.CC. The van der Waals surface area contributed by atoms with Crippen LogP contribution in [0.4, 0.5) is 5.69 Å². The average Bonchev–Trinajstić information content (AvgIpc) is 2.42. The third kappa shape index (κ3) is 7.94. The van der Waals surface area contributed by atoms with E-state index in [1.54, 1.807) is 0 Å². The molecule has 0 aliphatic rings. The van der Waals surface area contributed by atoms with Crippen molar-refractivity contribution in [1.82, 2.24) is 0 Å². The molecule has 1 rings (SSSR count). The molecule has 1 nitrogen and oxygen atoms in total. The van der Waals surface area contributed by atoms with Crippen LogP contribution in [-0.2, 0) is 6.42 Å². The Labute approximate surface area is 114 Å². The summed E-state index contributed by atoms with van der Waals surface area (Å²) in [7, 11) is 0. The molecule has 0 aliphatic heterocycles. The molecule has 0 heterocycles. The van der Waals surface area contributed by atoms with E-state index < -0.39 is 0 Å². The number of para-hydroxylation sites is 1. The molecule has 0 spiro atoms. The number of nitrogens with two attached hydrogens (primary N) is 1. The van der Waals surface area contributed by atoms with Crippen molar-refractivity contribution < 1.29 is 0 Å². The van der Waals surface area contributed by atoms with Gasteiger partial charge in [0, 0.05) is 5.69 Å². The Balaban J connectivity index is 0. The number of hydrogen-bond donors (Lipinski definition) is 1. The predicted molar refractivity (Wildman–Crippen MR) is 85.8 cm³/mol.